The number of anilines is 1. The molecular weight excluding hydrogens is 402 g/mol. The topological polar surface area (TPSA) is 85.2 Å². The fourth-order valence-corrected chi connectivity index (χ4v) is 6.04. The molecule has 0 saturated carbocycles. The van der Waals surface area contributed by atoms with Crippen LogP contribution in [0.15, 0.2) is 17.5 Å². The van der Waals surface area contributed by atoms with Gasteiger partial charge in [0.1, 0.15) is 11.1 Å². The molecule has 0 aliphatic heterocycles. The van der Waals surface area contributed by atoms with Gasteiger partial charge in [-0.05, 0) is 42.7 Å². The number of aliphatic hydroxyl groups excluding tert-OH is 1. The van der Waals surface area contributed by atoms with Crippen molar-refractivity contribution in [2.75, 3.05) is 18.5 Å². The quantitative estimate of drug-likeness (QED) is 0.532. The number of carbonyl (C=O) groups is 1. The summed E-state index contributed by atoms with van der Waals surface area (Å²) in [5.41, 5.74) is 1.47. The van der Waals surface area contributed by atoms with E-state index < -0.39 is 0 Å². The van der Waals surface area contributed by atoms with Gasteiger partial charge in [0, 0.05) is 34.2 Å². The van der Waals surface area contributed by atoms with Crippen molar-refractivity contribution < 1.29 is 9.90 Å². The SMILES string of the molecule is CC(C)(CO)[C@H](NCCC(=O)Nc1sc2c(c1C#N)CCCCC2)c1cccs1. The summed E-state index contributed by atoms with van der Waals surface area (Å²) < 4.78 is 0. The van der Waals surface area contributed by atoms with Gasteiger partial charge in [0.15, 0.2) is 0 Å². The molecule has 0 unspecified atom stereocenters. The molecule has 2 aromatic rings. The first-order chi connectivity index (χ1) is 14.0. The number of nitrogens with one attached hydrogen (secondary N) is 2. The summed E-state index contributed by atoms with van der Waals surface area (Å²) in [5, 5.41) is 28.5. The van der Waals surface area contributed by atoms with Gasteiger partial charge in [-0.3, -0.25) is 4.79 Å². The van der Waals surface area contributed by atoms with Gasteiger partial charge in [0.25, 0.3) is 0 Å². The summed E-state index contributed by atoms with van der Waals surface area (Å²) in [6.45, 7) is 4.59. The average Bonchev–Trinajstić information content (AvgIpc) is 3.27. The number of fused-ring (bicyclic) bond motifs is 1. The van der Waals surface area contributed by atoms with Crippen molar-refractivity contribution in [3.05, 3.63) is 38.4 Å². The Morgan fingerprint density at radius 3 is 2.83 bits per heavy atom. The Kier molecular flexibility index (Phi) is 7.47. The Morgan fingerprint density at radius 2 is 2.14 bits per heavy atom. The fraction of sp³-hybridized carbons (Fsp3) is 0.545. The third kappa shape index (κ3) is 5.26. The van der Waals surface area contributed by atoms with Gasteiger partial charge >= 0.3 is 0 Å². The Morgan fingerprint density at radius 1 is 1.34 bits per heavy atom. The second kappa shape index (κ2) is 9.86. The van der Waals surface area contributed by atoms with E-state index in [2.05, 4.69) is 22.8 Å². The summed E-state index contributed by atoms with van der Waals surface area (Å²) in [6.07, 6.45) is 5.72. The molecule has 1 amide bonds. The third-order valence-corrected chi connectivity index (χ3v) is 7.65. The maximum atomic E-state index is 12.5. The molecule has 0 spiro atoms. The zero-order valence-corrected chi connectivity index (χ0v) is 18.7. The van der Waals surface area contributed by atoms with E-state index in [1.807, 2.05) is 25.3 Å². The van der Waals surface area contributed by atoms with Crippen LogP contribution >= 0.6 is 22.7 Å². The van der Waals surface area contributed by atoms with E-state index in [-0.39, 0.29) is 24.0 Å². The van der Waals surface area contributed by atoms with Crippen LogP contribution in [-0.4, -0.2) is 24.2 Å². The first-order valence-electron chi connectivity index (χ1n) is 10.2. The monoisotopic (exact) mass is 431 g/mol. The Bertz CT molecular complexity index is 865. The number of nitrogens with zero attached hydrogens (tertiary/aromatic N) is 1. The molecule has 3 rings (SSSR count). The first-order valence-corrected chi connectivity index (χ1v) is 11.9. The molecule has 2 heterocycles. The second-order valence-electron chi connectivity index (χ2n) is 8.23. The van der Waals surface area contributed by atoms with Crippen LogP contribution in [0.25, 0.3) is 0 Å². The van der Waals surface area contributed by atoms with Crippen molar-refractivity contribution in [3.63, 3.8) is 0 Å². The zero-order chi connectivity index (χ0) is 20.9. The number of rotatable bonds is 8. The van der Waals surface area contributed by atoms with Crippen LogP contribution < -0.4 is 10.6 Å². The normalized spacial score (nSPS) is 15.2. The minimum Gasteiger partial charge on any atom is -0.396 e. The number of hydrogen-bond acceptors (Lipinski definition) is 6. The van der Waals surface area contributed by atoms with Crippen LogP contribution in [0.2, 0.25) is 0 Å². The smallest absolute Gasteiger partial charge is 0.226 e. The van der Waals surface area contributed by atoms with Crippen molar-refractivity contribution in [3.8, 4) is 6.07 Å². The summed E-state index contributed by atoms with van der Waals surface area (Å²) >= 11 is 3.22. The zero-order valence-electron chi connectivity index (χ0n) is 17.1. The second-order valence-corrected chi connectivity index (χ2v) is 10.3. The number of aliphatic hydroxyl groups is 1. The van der Waals surface area contributed by atoms with Gasteiger partial charge in [-0.15, -0.1) is 22.7 Å². The lowest BCUT2D eigenvalue weighted by Crippen LogP contribution is -2.37. The summed E-state index contributed by atoms with van der Waals surface area (Å²) in [7, 11) is 0. The molecule has 0 bridgehead atoms. The van der Waals surface area contributed by atoms with Gasteiger partial charge in [-0.2, -0.15) is 5.26 Å². The third-order valence-electron chi connectivity index (χ3n) is 5.50. The van der Waals surface area contributed by atoms with E-state index in [0.717, 1.165) is 36.1 Å². The summed E-state index contributed by atoms with van der Waals surface area (Å²) in [5.74, 6) is -0.0860. The maximum absolute atomic E-state index is 12.5. The Labute approximate surface area is 180 Å². The van der Waals surface area contributed by atoms with Gasteiger partial charge in [-0.25, -0.2) is 0 Å². The molecule has 1 aliphatic rings. The first kappa shape index (κ1) is 22.0. The highest BCUT2D eigenvalue weighted by molar-refractivity contribution is 7.16. The van der Waals surface area contributed by atoms with E-state index in [1.165, 1.54) is 11.3 Å². The standard InChI is InChI=1S/C22H29N3O2S2/c1-22(2,14-26)20(18-9-6-12-28-18)24-11-10-19(27)25-21-16(13-23)15-7-4-3-5-8-17(15)29-21/h6,9,12,20,24,26H,3-5,7-8,10-11,14H2,1-2H3,(H,25,27)/t20-/m1/s1. The fourth-order valence-electron chi connectivity index (χ4n) is 3.78. The number of carbonyl (C=O) groups excluding carboxylic acids is 1. The van der Waals surface area contributed by atoms with Gasteiger partial charge in [-0.1, -0.05) is 26.3 Å². The largest absolute Gasteiger partial charge is 0.396 e. The molecule has 2 aromatic heterocycles. The molecule has 3 N–H and O–H groups in total. The lowest BCUT2D eigenvalue weighted by Gasteiger charge is -2.33. The van der Waals surface area contributed by atoms with Crippen molar-refractivity contribution in [1.29, 1.82) is 5.26 Å². The van der Waals surface area contributed by atoms with E-state index in [1.54, 1.807) is 22.7 Å². The lowest BCUT2D eigenvalue weighted by molar-refractivity contribution is -0.116. The lowest BCUT2D eigenvalue weighted by atomic mass is 9.84. The predicted molar refractivity (Wildman–Crippen MR) is 119 cm³/mol. The highest BCUT2D eigenvalue weighted by atomic mass is 32.1. The van der Waals surface area contributed by atoms with Gasteiger partial charge in [0.2, 0.25) is 5.91 Å². The van der Waals surface area contributed by atoms with E-state index in [0.29, 0.717) is 23.5 Å². The van der Waals surface area contributed by atoms with E-state index in [9.17, 15) is 15.2 Å². The average molecular weight is 432 g/mol. The van der Waals surface area contributed by atoms with Crippen molar-refractivity contribution in [1.82, 2.24) is 5.32 Å². The minimum absolute atomic E-state index is 0.0206. The Balaban J connectivity index is 1.61. The summed E-state index contributed by atoms with van der Waals surface area (Å²) in [4.78, 5) is 15.0. The van der Waals surface area contributed by atoms with E-state index >= 15 is 0 Å². The molecule has 7 heteroatoms. The number of hydrogen-bond donors (Lipinski definition) is 3. The van der Waals surface area contributed by atoms with E-state index in [4.69, 9.17) is 0 Å². The highest BCUT2D eigenvalue weighted by Gasteiger charge is 2.30. The predicted octanol–water partition coefficient (Wildman–Crippen LogP) is 4.63. The van der Waals surface area contributed by atoms with Crippen molar-refractivity contribution in [2.45, 2.75) is 58.4 Å². The Hall–Kier alpha value is -1.72. The molecular formula is C22H29N3O2S2. The molecule has 0 fully saturated rings. The van der Waals surface area contributed by atoms with Crippen LogP contribution in [0.5, 0.6) is 0 Å². The van der Waals surface area contributed by atoms with Crippen LogP contribution in [0, 0.1) is 16.7 Å². The molecule has 0 saturated heterocycles. The van der Waals surface area contributed by atoms with Gasteiger partial charge < -0.3 is 15.7 Å². The molecule has 0 radical (unpaired) electrons. The number of amides is 1. The number of nitriles is 1. The molecule has 29 heavy (non-hydrogen) atoms. The van der Waals surface area contributed by atoms with Crippen LogP contribution in [0.3, 0.4) is 0 Å². The molecule has 1 aliphatic carbocycles. The molecule has 1 atom stereocenters. The summed E-state index contributed by atoms with van der Waals surface area (Å²) in [6, 6.07) is 6.34. The highest BCUT2D eigenvalue weighted by Crippen LogP contribution is 2.37. The maximum Gasteiger partial charge on any atom is 0.226 e. The number of thiophene rings is 2. The van der Waals surface area contributed by atoms with Crippen molar-refractivity contribution >= 4 is 33.6 Å². The van der Waals surface area contributed by atoms with Gasteiger partial charge in [0.05, 0.1) is 12.2 Å². The number of aryl methyl sites for hydroxylation is 1. The van der Waals surface area contributed by atoms with Crippen molar-refractivity contribution in [2.24, 2.45) is 5.41 Å². The molecule has 156 valence electrons. The molecule has 5 nitrogen and oxygen atoms in total. The molecule has 0 aromatic carbocycles. The minimum atomic E-state index is -0.333. The van der Waals surface area contributed by atoms with Crippen LogP contribution in [0.1, 0.15) is 66.5 Å². The van der Waals surface area contributed by atoms with Crippen LogP contribution in [-0.2, 0) is 17.6 Å². The van der Waals surface area contributed by atoms with Crippen LogP contribution in [0.4, 0.5) is 5.00 Å².